The summed E-state index contributed by atoms with van der Waals surface area (Å²) >= 11 is 3.40. The van der Waals surface area contributed by atoms with Crippen LogP contribution in [0.3, 0.4) is 0 Å². The highest BCUT2D eigenvalue weighted by Gasteiger charge is 2.06. The van der Waals surface area contributed by atoms with Gasteiger partial charge in [-0.2, -0.15) is 5.26 Å². The quantitative estimate of drug-likeness (QED) is 0.875. The number of nitriles is 1. The molecule has 0 unspecified atom stereocenters. The highest BCUT2D eigenvalue weighted by molar-refractivity contribution is 9.10. The van der Waals surface area contributed by atoms with Crippen LogP contribution in [0.4, 0.5) is 5.95 Å². The number of rotatable bonds is 3. The maximum absolute atomic E-state index is 8.80. The summed E-state index contributed by atoms with van der Waals surface area (Å²) in [6.45, 7) is 0.697. The van der Waals surface area contributed by atoms with Gasteiger partial charge in [-0.05, 0) is 23.8 Å². The minimum Gasteiger partial charge on any atom is -0.340 e. The lowest BCUT2D eigenvalue weighted by Crippen LogP contribution is -2.19. The van der Waals surface area contributed by atoms with E-state index in [2.05, 4.69) is 25.9 Å². The molecule has 18 heavy (non-hydrogen) atoms. The summed E-state index contributed by atoms with van der Waals surface area (Å²) in [6, 6.07) is 11.7. The monoisotopic (exact) mass is 302 g/mol. The van der Waals surface area contributed by atoms with E-state index < -0.39 is 0 Å². The summed E-state index contributed by atoms with van der Waals surface area (Å²) in [7, 11) is 1.90. The molecule has 0 amide bonds. The minimum absolute atomic E-state index is 0.377. The summed E-state index contributed by atoms with van der Waals surface area (Å²) in [4.78, 5) is 10.2. The molecule has 0 radical (unpaired) electrons. The van der Waals surface area contributed by atoms with Crippen LogP contribution in [0.15, 0.2) is 41.0 Å². The standard InChI is InChI=1S/C13H11BrN4/c1-18(9-10-2-4-11(14)5-3-10)13-16-7-6-12(8-15)17-13/h2-7H,9H2,1H3. The molecule has 0 saturated carbocycles. The van der Waals surface area contributed by atoms with E-state index in [1.807, 2.05) is 42.3 Å². The van der Waals surface area contributed by atoms with Crippen molar-refractivity contribution in [2.75, 3.05) is 11.9 Å². The molecule has 2 rings (SSSR count). The molecule has 0 N–H and O–H groups in total. The second kappa shape index (κ2) is 5.61. The smallest absolute Gasteiger partial charge is 0.226 e. The Hall–Kier alpha value is -1.93. The molecule has 90 valence electrons. The van der Waals surface area contributed by atoms with Gasteiger partial charge in [0.25, 0.3) is 0 Å². The molecule has 0 atom stereocenters. The second-order valence-corrected chi connectivity index (χ2v) is 4.75. The molecule has 0 fully saturated rings. The normalized spacial score (nSPS) is 9.83. The van der Waals surface area contributed by atoms with Gasteiger partial charge >= 0.3 is 0 Å². The number of anilines is 1. The van der Waals surface area contributed by atoms with Gasteiger partial charge in [-0.25, -0.2) is 9.97 Å². The number of hydrogen-bond acceptors (Lipinski definition) is 4. The van der Waals surface area contributed by atoms with Gasteiger partial charge in [0.2, 0.25) is 5.95 Å². The summed E-state index contributed by atoms with van der Waals surface area (Å²) in [5, 5.41) is 8.80. The van der Waals surface area contributed by atoms with Gasteiger partial charge in [-0.3, -0.25) is 0 Å². The number of aromatic nitrogens is 2. The van der Waals surface area contributed by atoms with E-state index in [4.69, 9.17) is 5.26 Å². The number of halogens is 1. The molecule has 0 aliphatic carbocycles. The van der Waals surface area contributed by atoms with Crippen LogP contribution in [-0.4, -0.2) is 17.0 Å². The molecule has 0 saturated heterocycles. The van der Waals surface area contributed by atoms with Crippen LogP contribution in [0.2, 0.25) is 0 Å². The van der Waals surface area contributed by atoms with Crippen LogP contribution in [0.5, 0.6) is 0 Å². The predicted octanol–water partition coefficient (Wildman–Crippen LogP) is 2.75. The van der Waals surface area contributed by atoms with E-state index in [-0.39, 0.29) is 0 Å². The van der Waals surface area contributed by atoms with Crippen LogP contribution >= 0.6 is 15.9 Å². The highest BCUT2D eigenvalue weighted by atomic mass is 79.9. The number of benzene rings is 1. The first-order chi connectivity index (χ1) is 8.69. The van der Waals surface area contributed by atoms with Crippen molar-refractivity contribution in [2.45, 2.75) is 6.54 Å². The summed E-state index contributed by atoms with van der Waals surface area (Å²) in [5.41, 5.74) is 1.54. The van der Waals surface area contributed by atoms with E-state index in [9.17, 15) is 0 Å². The van der Waals surface area contributed by atoms with Crippen LogP contribution in [-0.2, 0) is 6.54 Å². The van der Waals surface area contributed by atoms with Crippen molar-refractivity contribution in [1.82, 2.24) is 9.97 Å². The van der Waals surface area contributed by atoms with Crippen molar-refractivity contribution < 1.29 is 0 Å². The zero-order chi connectivity index (χ0) is 13.0. The van der Waals surface area contributed by atoms with Crippen molar-refractivity contribution in [2.24, 2.45) is 0 Å². The first-order valence-electron chi connectivity index (χ1n) is 5.38. The third-order valence-electron chi connectivity index (χ3n) is 2.43. The Morgan fingerprint density at radius 1 is 1.28 bits per heavy atom. The molecule has 1 aromatic carbocycles. The minimum atomic E-state index is 0.377. The summed E-state index contributed by atoms with van der Waals surface area (Å²) in [6.07, 6.45) is 1.60. The number of nitrogens with zero attached hydrogens (tertiary/aromatic N) is 4. The first kappa shape index (κ1) is 12.5. The first-order valence-corrected chi connectivity index (χ1v) is 6.17. The van der Waals surface area contributed by atoms with Crippen LogP contribution in [0, 0.1) is 11.3 Å². The average molecular weight is 303 g/mol. The topological polar surface area (TPSA) is 52.8 Å². The Kier molecular flexibility index (Phi) is 3.90. The van der Waals surface area contributed by atoms with E-state index in [1.165, 1.54) is 0 Å². The zero-order valence-electron chi connectivity index (χ0n) is 9.84. The molecule has 0 spiro atoms. The molecule has 5 heteroatoms. The third kappa shape index (κ3) is 3.05. The van der Waals surface area contributed by atoms with Gasteiger partial charge in [-0.15, -0.1) is 0 Å². The summed E-state index contributed by atoms with van der Waals surface area (Å²) in [5.74, 6) is 0.553. The largest absolute Gasteiger partial charge is 0.340 e. The van der Waals surface area contributed by atoms with E-state index >= 15 is 0 Å². The molecule has 0 aliphatic rings. The van der Waals surface area contributed by atoms with Gasteiger partial charge in [0.05, 0.1) is 0 Å². The molecule has 0 bridgehead atoms. The Bertz CT molecular complexity index is 574. The molecule has 2 aromatic rings. The lowest BCUT2D eigenvalue weighted by Gasteiger charge is -2.16. The van der Waals surface area contributed by atoms with Gasteiger partial charge in [0.1, 0.15) is 11.8 Å². The third-order valence-corrected chi connectivity index (χ3v) is 2.96. The Morgan fingerprint density at radius 3 is 2.67 bits per heavy atom. The van der Waals surface area contributed by atoms with Gasteiger partial charge in [0, 0.05) is 24.3 Å². The van der Waals surface area contributed by atoms with Crippen LogP contribution in [0.1, 0.15) is 11.3 Å². The van der Waals surface area contributed by atoms with Crippen molar-refractivity contribution >= 4 is 21.9 Å². The van der Waals surface area contributed by atoms with Gasteiger partial charge in [-0.1, -0.05) is 28.1 Å². The summed E-state index contributed by atoms with van der Waals surface area (Å²) < 4.78 is 1.05. The van der Waals surface area contributed by atoms with Crippen molar-refractivity contribution in [3.63, 3.8) is 0 Å². The van der Waals surface area contributed by atoms with E-state index in [1.54, 1.807) is 12.3 Å². The predicted molar refractivity (Wildman–Crippen MR) is 73.0 cm³/mol. The van der Waals surface area contributed by atoms with Crippen molar-refractivity contribution in [3.05, 3.63) is 52.3 Å². The average Bonchev–Trinajstić information content (AvgIpc) is 2.41. The molecule has 1 aromatic heterocycles. The molecule has 1 heterocycles. The Balaban J connectivity index is 2.14. The zero-order valence-corrected chi connectivity index (χ0v) is 11.4. The SMILES string of the molecule is CN(Cc1ccc(Br)cc1)c1nccc(C#N)n1. The maximum atomic E-state index is 8.80. The molecular weight excluding hydrogens is 292 g/mol. The Labute approximate surface area is 114 Å². The number of hydrogen-bond donors (Lipinski definition) is 0. The molecular formula is C13H11BrN4. The highest BCUT2D eigenvalue weighted by Crippen LogP contribution is 2.14. The van der Waals surface area contributed by atoms with Gasteiger partial charge < -0.3 is 4.90 Å². The lowest BCUT2D eigenvalue weighted by molar-refractivity contribution is 0.863. The van der Waals surface area contributed by atoms with Gasteiger partial charge in [0.15, 0.2) is 0 Å². The fourth-order valence-electron chi connectivity index (χ4n) is 1.53. The van der Waals surface area contributed by atoms with E-state index in [0.29, 0.717) is 18.2 Å². The molecule has 4 nitrogen and oxygen atoms in total. The lowest BCUT2D eigenvalue weighted by atomic mass is 10.2. The fraction of sp³-hybridized carbons (Fsp3) is 0.154. The van der Waals surface area contributed by atoms with Crippen LogP contribution in [0.25, 0.3) is 0 Å². The maximum Gasteiger partial charge on any atom is 0.226 e. The van der Waals surface area contributed by atoms with Crippen molar-refractivity contribution in [1.29, 1.82) is 5.26 Å². The van der Waals surface area contributed by atoms with E-state index in [0.717, 1.165) is 10.0 Å². The fourth-order valence-corrected chi connectivity index (χ4v) is 1.79. The van der Waals surface area contributed by atoms with Crippen molar-refractivity contribution in [3.8, 4) is 6.07 Å². The van der Waals surface area contributed by atoms with Crippen LogP contribution < -0.4 is 4.90 Å². The Morgan fingerprint density at radius 2 is 2.00 bits per heavy atom. The second-order valence-electron chi connectivity index (χ2n) is 3.84. The molecule has 0 aliphatic heterocycles.